The van der Waals surface area contributed by atoms with Gasteiger partial charge in [-0.25, -0.2) is 4.39 Å². The summed E-state index contributed by atoms with van der Waals surface area (Å²) < 4.78 is 17.5. The molecule has 6 nitrogen and oxygen atoms in total. The Morgan fingerprint density at radius 3 is 2.46 bits per heavy atom. The van der Waals surface area contributed by atoms with Crippen molar-refractivity contribution in [1.82, 2.24) is 10.2 Å². The number of nitrogens with zero attached hydrogens (tertiary/aromatic N) is 2. The molecule has 1 heterocycles. The van der Waals surface area contributed by atoms with Crippen LogP contribution in [-0.2, 0) is 14.3 Å². The van der Waals surface area contributed by atoms with Crippen LogP contribution in [0, 0.1) is 5.82 Å². The molecule has 0 saturated carbocycles. The molecule has 0 bridgehead atoms. The van der Waals surface area contributed by atoms with Gasteiger partial charge in [0.15, 0.2) is 0 Å². The maximum absolute atomic E-state index is 13.0. The summed E-state index contributed by atoms with van der Waals surface area (Å²) in [5, 5.41) is 2.81. The van der Waals surface area contributed by atoms with Crippen molar-refractivity contribution in [3.8, 4) is 0 Å². The van der Waals surface area contributed by atoms with Crippen molar-refractivity contribution in [2.75, 3.05) is 51.3 Å². The fourth-order valence-corrected chi connectivity index (χ4v) is 2.64. The first-order valence-corrected chi connectivity index (χ1v) is 8.15. The summed E-state index contributed by atoms with van der Waals surface area (Å²) >= 11 is 0. The van der Waals surface area contributed by atoms with E-state index in [-0.39, 0.29) is 17.7 Å². The van der Waals surface area contributed by atoms with Gasteiger partial charge in [-0.1, -0.05) is 0 Å². The fourth-order valence-electron chi connectivity index (χ4n) is 2.64. The zero-order valence-electron chi connectivity index (χ0n) is 14.0. The van der Waals surface area contributed by atoms with E-state index < -0.39 is 0 Å². The minimum Gasteiger partial charge on any atom is -0.469 e. The normalized spacial score (nSPS) is 15.2. The number of piperazine rings is 1. The minimum atomic E-state index is -0.263. The summed E-state index contributed by atoms with van der Waals surface area (Å²) in [6.45, 7) is 4.02. The summed E-state index contributed by atoms with van der Waals surface area (Å²) in [4.78, 5) is 27.1. The van der Waals surface area contributed by atoms with Gasteiger partial charge in [0.05, 0.1) is 13.7 Å². The molecule has 24 heavy (non-hydrogen) atoms. The van der Waals surface area contributed by atoms with Crippen molar-refractivity contribution in [3.63, 3.8) is 0 Å². The first kappa shape index (κ1) is 18.2. The molecule has 0 unspecified atom stereocenters. The third kappa shape index (κ3) is 5.81. The molecule has 132 valence electrons. The van der Waals surface area contributed by atoms with Crippen molar-refractivity contribution >= 4 is 17.6 Å². The van der Waals surface area contributed by atoms with E-state index in [4.69, 9.17) is 0 Å². The Morgan fingerprint density at radius 1 is 1.17 bits per heavy atom. The lowest BCUT2D eigenvalue weighted by molar-refractivity contribution is -0.140. The average molecular weight is 337 g/mol. The van der Waals surface area contributed by atoms with Gasteiger partial charge in [-0.2, -0.15) is 0 Å². The summed E-state index contributed by atoms with van der Waals surface area (Å²) in [5.74, 6) is -0.530. The van der Waals surface area contributed by atoms with Gasteiger partial charge in [0.1, 0.15) is 5.82 Å². The highest BCUT2D eigenvalue weighted by Crippen LogP contribution is 2.16. The van der Waals surface area contributed by atoms with Gasteiger partial charge in [0, 0.05) is 44.8 Å². The van der Waals surface area contributed by atoms with E-state index in [2.05, 4.69) is 19.9 Å². The number of ether oxygens (including phenoxy) is 1. The number of anilines is 1. The Hall–Kier alpha value is -2.15. The molecule has 2 rings (SSSR count). The molecule has 0 aromatic heterocycles. The SMILES string of the molecule is COC(=O)CCCNC(=O)CN1CCN(c2ccc(F)cc2)CC1. The van der Waals surface area contributed by atoms with Crippen LogP contribution >= 0.6 is 0 Å². The smallest absolute Gasteiger partial charge is 0.305 e. The van der Waals surface area contributed by atoms with Crippen LogP contribution in [0.2, 0.25) is 0 Å². The van der Waals surface area contributed by atoms with Crippen molar-refractivity contribution in [2.24, 2.45) is 0 Å². The molecule has 1 N–H and O–H groups in total. The van der Waals surface area contributed by atoms with Crippen LogP contribution in [-0.4, -0.2) is 63.2 Å². The van der Waals surface area contributed by atoms with Crippen molar-refractivity contribution in [1.29, 1.82) is 0 Å². The van der Waals surface area contributed by atoms with E-state index in [0.29, 0.717) is 25.9 Å². The van der Waals surface area contributed by atoms with Gasteiger partial charge in [-0.3, -0.25) is 14.5 Å². The summed E-state index contributed by atoms with van der Waals surface area (Å²) in [6.07, 6.45) is 0.893. The highest BCUT2D eigenvalue weighted by molar-refractivity contribution is 5.78. The Kier molecular flexibility index (Phi) is 6.99. The highest BCUT2D eigenvalue weighted by Gasteiger charge is 2.19. The molecule has 0 spiro atoms. The molecule has 0 radical (unpaired) electrons. The van der Waals surface area contributed by atoms with Gasteiger partial charge >= 0.3 is 5.97 Å². The number of hydrogen-bond acceptors (Lipinski definition) is 5. The van der Waals surface area contributed by atoms with Gasteiger partial charge in [-0.05, 0) is 30.7 Å². The highest BCUT2D eigenvalue weighted by atomic mass is 19.1. The van der Waals surface area contributed by atoms with Crippen molar-refractivity contribution in [2.45, 2.75) is 12.8 Å². The van der Waals surface area contributed by atoms with Crippen LogP contribution in [0.1, 0.15) is 12.8 Å². The van der Waals surface area contributed by atoms with E-state index >= 15 is 0 Å². The monoisotopic (exact) mass is 337 g/mol. The van der Waals surface area contributed by atoms with E-state index in [0.717, 1.165) is 31.9 Å². The second kappa shape index (κ2) is 9.22. The molecule has 1 saturated heterocycles. The molecule has 1 aromatic carbocycles. The van der Waals surface area contributed by atoms with E-state index in [1.807, 2.05) is 0 Å². The van der Waals surface area contributed by atoms with Gasteiger partial charge in [-0.15, -0.1) is 0 Å². The summed E-state index contributed by atoms with van der Waals surface area (Å²) in [5.41, 5.74) is 1.00. The molecular formula is C17H24FN3O3. The van der Waals surface area contributed by atoms with Crippen molar-refractivity contribution < 1.29 is 18.7 Å². The van der Waals surface area contributed by atoms with E-state index in [1.165, 1.54) is 19.2 Å². The quantitative estimate of drug-likeness (QED) is 0.594. The van der Waals surface area contributed by atoms with Crippen LogP contribution < -0.4 is 10.2 Å². The molecule has 1 aromatic rings. The molecule has 1 amide bonds. The standard InChI is InChI=1S/C17H24FN3O3/c1-24-17(23)3-2-8-19-16(22)13-20-9-11-21(12-10-20)15-6-4-14(18)5-7-15/h4-7H,2-3,8-13H2,1H3,(H,19,22). The number of methoxy groups -OCH3 is 1. The maximum Gasteiger partial charge on any atom is 0.305 e. The minimum absolute atomic E-state index is 0.0323. The Balaban J connectivity index is 1.64. The number of benzene rings is 1. The fraction of sp³-hybridized carbons (Fsp3) is 0.529. The van der Waals surface area contributed by atoms with Crippen LogP contribution in [0.25, 0.3) is 0 Å². The number of amides is 1. The third-order valence-corrected chi connectivity index (χ3v) is 4.04. The second-order valence-corrected chi connectivity index (χ2v) is 5.77. The third-order valence-electron chi connectivity index (χ3n) is 4.04. The number of rotatable bonds is 7. The number of carbonyl (C=O) groups excluding carboxylic acids is 2. The predicted molar refractivity (Wildman–Crippen MR) is 89.3 cm³/mol. The maximum atomic E-state index is 13.0. The zero-order valence-corrected chi connectivity index (χ0v) is 14.0. The number of esters is 1. The Labute approximate surface area is 141 Å². The predicted octanol–water partition coefficient (Wildman–Crippen LogP) is 1.02. The van der Waals surface area contributed by atoms with E-state index in [1.54, 1.807) is 12.1 Å². The average Bonchev–Trinajstić information content (AvgIpc) is 2.60. The summed E-state index contributed by atoms with van der Waals surface area (Å²) in [7, 11) is 1.35. The number of halogens is 1. The number of carbonyl (C=O) groups is 2. The lowest BCUT2D eigenvalue weighted by atomic mass is 10.2. The molecule has 1 aliphatic heterocycles. The van der Waals surface area contributed by atoms with Crippen LogP contribution in [0.3, 0.4) is 0 Å². The molecular weight excluding hydrogens is 313 g/mol. The Morgan fingerprint density at radius 2 is 1.83 bits per heavy atom. The van der Waals surface area contributed by atoms with Crippen LogP contribution in [0.15, 0.2) is 24.3 Å². The van der Waals surface area contributed by atoms with Crippen LogP contribution in [0.4, 0.5) is 10.1 Å². The van der Waals surface area contributed by atoms with E-state index in [9.17, 15) is 14.0 Å². The largest absolute Gasteiger partial charge is 0.469 e. The lowest BCUT2D eigenvalue weighted by Gasteiger charge is -2.35. The molecule has 1 fully saturated rings. The van der Waals surface area contributed by atoms with Gasteiger partial charge in [0.25, 0.3) is 0 Å². The summed E-state index contributed by atoms with van der Waals surface area (Å²) in [6, 6.07) is 6.48. The van der Waals surface area contributed by atoms with Crippen molar-refractivity contribution in [3.05, 3.63) is 30.1 Å². The molecule has 1 aliphatic rings. The first-order chi connectivity index (χ1) is 11.6. The number of hydrogen-bond donors (Lipinski definition) is 1. The Bertz CT molecular complexity index is 543. The zero-order chi connectivity index (χ0) is 17.4. The van der Waals surface area contributed by atoms with Crippen LogP contribution in [0.5, 0.6) is 0 Å². The lowest BCUT2D eigenvalue weighted by Crippen LogP contribution is -2.49. The topological polar surface area (TPSA) is 61.9 Å². The van der Waals surface area contributed by atoms with Gasteiger partial charge < -0.3 is 15.0 Å². The molecule has 7 heteroatoms. The first-order valence-electron chi connectivity index (χ1n) is 8.15. The number of nitrogens with one attached hydrogen (secondary N) is 1. The molecule has 0 atom stereocenters. The van der Waals surface area contributed by atoms with Gasteiger partial charge in [0.2, 0.25) is 5.91 Å². The molecule has 0 aliphatic carbocycles. The second-order valence-electron chi connectivity index (χ2n) is 5.77.